The maximum absolute atomic E-state index is 13.0. The minimum absolute atomic E-state index is 0.218. The van der Waals surface area contributed by atoms with Crippen molar-refractivity contribution < 1.29 is 9.50 Å². The van der Waals surface area contributed by atoms with Crippen molar-refractivity contribution in [3.8, 4) is 16.2 Å². The summed E-state index contributed by atoms with van der Waals surface area (Å²) >= 11 is 5.07. The first kappa shape index (κ1) is 15.3. The van der Waals surface area contributed by atoms with Gasteiger partial charge in [-0.15, -0.1) is 11.3 Å². The zero-order valence-corrected chi connectivity index (χ0v) is 14.3. The molecule has 0 atom stereocenters. The highest BCUT2D eigenvalue weighted by Crippen LogP contribution is 2.32. The Bertz CT molecular complexity index is 808. The number of rotatable bonds is 3. The lowest BCUT2D eigenvalue weighted by Gasteiger charge is -2.07. The highest BCUT2D eigenvalue weighted by atomic mass is 79.9. The molecule has 1 heterocycles. The minimum Gasteiger partial charge on any atom is -0.507 e. The molecule has 0 saturated carbocycles. The van der Waals surface area contributed by atoms with Crippen molar-refractivity contribution in [2.24, 2.45) is 0 Å². The SMILES string of the molecule is Cc1cc(O)c(Br)cc1Cc1ccc(-c2ccc(F)cc2)s1. The van der Waals surface area contributed by atoms with Gasteiger partial charge in [0.2, 0.25) is 0 Å². The molecule has 0 radical (unpaired) electrons. The van der Waals surface area contributed by atoms with E-state index in [9.17, 15) is 9.50 Å². The van der Waals surface area contributed by atoms with Gasteiger partial charge in [-0.05, 0) is 75.9 Å². The Hall–Kier alpha value is -1.65. The molecule has 4 heteroatoms. The molecule has 0 bridgehead atoms. The zero-order chi connectivity index (χ0) is 15.7. The highest BCUT2D eigenvalue weighted by Gasteiger charge is 2.08. The molecule has 0 amide bonds. The third kappa shape index (κ3) is 3.23. The van der Waals surface area contributed by atoms with E-state index in [4.69, 9.17) is 0 Å². The van der Waals surface area contributed by atoms with Crippen LogP contribution in [0.15, 0.2) is 53.0 Å². The van der Waals surface area contributed by atoms with Crippen molar-refractivity contribution in [2.75, 3.05) is 0 Å². The quantitative estimate of drug-likeness (QED) is 0.601. The van der Waals surface area contributed by atoms with Gasteiger partial charge in [-0.1, -0.05) is 12.1 Å². The number of aryl methyl sites for hydroxylation is 1. The van der Waals surface area contributed by atoms with E-state index in [1.165, 1.54) is 22.6 Å². The predicted octanol–water partition coefficient (Wildman–Crippen LogP) is 5.92. The molecule has 2 aromatic carbocycles. The fraction of sp³-hybridized carbons (Fsp3) is 0.111. The first-order valence-corrected chi connectivity index (χ1v) is 8.46. The van der Waals surface area contributed by atoms with Crippen LogP contribution in [0.3, 0.4) is 0 Å². The number of aromatic hydroxyl groups is 1. The third-order valence-corrected chi connectivity index (χ3v) is 5.33. The lowest BCUT2D eigenvalue weighted by molar-refractivity contribution is 0.471. The molecule has 3 aromatic rings. The maximum atomic E-state index is 13.0. The second kappa shape index (κ2) is 6.23. The summed E-state index contributed by atoms with van der Waals surface area (Å²) in [5, 5.41) is 9.69. The van der Waals surface area contributed by atoms with E-state index in [1.807, 2.05) is 13.0 Å². The van der Waals surface area contributed by atoms with Crippen LogP contribution >= 0.6 is 27.3 Å². The third-order valence-electron chi connectivity index (χ3n) is 3.56. The molecule has 1 aromatic heterocycles. The topological polar surface area (TPSA) is 20.2 Å². The van der Waals surface area contributed by atoms with Gasteiger partial charge in [-0.3, -0.25) is 0 Å². The van der Waals surface area contributed by atoms with E-state index in [0.29, 0.717) is 4.47 Å². The van der Waals surface area contributed by atoms with Gasteiger partial charge in [0.25, 0.3) is 0 Å². The van der Waals surface area contributed by atoms with Crippen LogP contribution in [-0.4, -0.2) is 5.11 Å². The Morgan fingerprint density at radius 2 is 1.82 bits per heavy atom. The first-order valence-electron chi connectivity index (χ1n) is 6.85. The largest absolute Gasteiger partial charge is 0.507 e. The summed E-state index contributed by atoms with van der Waals surface area (Å²) in [6.07, 6.45) is 0.816. The van der Waals surface area contributed by atoms with Gasteiger partial charge >= 0.3 is 0 Å². The normalized spacial score (nSPS) is 10.9. The molecule has 0 aliphatic carbocycles. The van der Waals surface area contributed by atoms with Crippen molar-refractivity contribution >= 4 is 27.3 Å². The van der Waals surface area contributed by atoms with Gasteiger partial charge in [0.1, 0.15) is 11.6 Å². The summed E-state index contributed by atoms with van der Waals surface area (Å²) in [5.74, 6) is 0.0459. The second-order valence-electron chi connectivity index (χ2n) is 5.18. The smallest absolute Gasteiger partial charge is 0.130 e. The lowest BCUT2D eigenvalue weighted by Crippen LogP contribution is -1.90. The van der Waals surface area contributed by atoms with Crippen LogP contribution in [0.5, 0.6) is 5.75 Å². The second-order valence-corrected chi connectivity index (χ2v) is 7.20. The van der Waals surface area contributed by atoms with Crippen LogP contribution in [0.2, 0.25) is 0 Å². The molecule has 1 nitrogen and oxygen atoms in total. The van der Waals surface area contributed by atoms with Crippen molar-refractivity contribution in [3.63, 3.8) is 0 Å². The fourth-order valence-corrected chi connectivity index (χ4v) is 3.75. The summed E-state index contributed by atoms with van der Waals surface area (Å²) in [5.41, 5.74) is 3.27. The molecule has 0 spiro atoms. The van der Waals surface area contributed by atoms with Crippen molar-refractivity contribution in [1.82, 2.24) is 0 Å². The summed E-state index contributed by atoms with van der Waals surface area (Å²) in [7, 11) is 0. The summed E-state index contributed by atoms with van der Waals surface area (Å²) < 4.78 is 13.7. The molecule has 0 unspecified atom stereocenters. The Kier molecular flexibility index (Phi) is 4.32. The minimum atomic E-state index is -0.218. The van der Waals surface area contributed by atoms with Crippen LogP contribution < -0.4 is 0 Å². The average molecular weight is 377 g/mol. The molecule has 3 rings (SSSR count). The summed E-state index contributed by atoms with van der Waals surface area (Å²) in [4.78, 5) is 2.37. The van der Waals surface area contributed by atoms with Crippen LogP contribution in [-0.2, 0) is 6.42 Å². The van der Waals surface area contributed by atoms with Crippen LogP contribution in [0.1, 0.15) is 16.0 Å². The van der Waals surface area contributed by atoms with E-state index in [-0.39, 0.29) is 11.6 Å². The van der Waals surface area contributed by atoms with Gasteiger partial charge < -0.3 is 5.11 Å². The predicted molar refractivity (Wildman–Crippen MR) is 93.1 cm³/mol. The van der Waals surface area contributed by atoms with Crippen molar-refractivity contribution in [3.05, 3.63) is 74.8 Å². The van der Waals surface area contributed by atoms with Crippen LogP contribution in [0.25, 0.3) is 10.4 Å². The van der Waals surface area contributed by atoms with E-state index in [0.717, 1.165) is 22.4 Å². The van der Waals surface area contributed by atoms with Gasteiger partial charge in [0, 0.05) is 16.2 Å². The van der Waals surface area contributed by atoms with Crippen molar-refractivity contribution in [1.29, 1.82) is 0 Å². The van der Waals surface area contributed by atoms with E-state index in [1.54, 1.807) is 29.5 Å². The monoisotopic (exact) mass is 376 g/mol. The number of phenolic OH excluding ortho intramolecular Hbond substituents is 1. The van der Waals surface area contributed by atoms with Gasteiger partial charge in [0.05, 0.1) is 4.47 Å². The molecule has 0 aliphatic rings. The van der Waals surface area contributed by atoms with Gasteiger partial charge in [0.15, 0.2) is 0 Å². The Morgan fingerprint density at radius 1 is 1.09 bits per heavy atom. The average Bonchev–Trinajstić information content (AvgIpc) is 2.94. The Labute approximate surface area is 141 Å². The number of hydrogen-bond donors (Lipinski definition) is 1. The number of halogens is 2. The van der Waals surface area contributed by atoms with E-state index < -0.39 is 0 Å². The van der Waals surface area contributed by atoms with Crippen molar-refractivity contribution in [2.45, 2.75) is 13.3 Å². The number of thiophene rings is 1. The lowest BCUT2D eigenvalue weighted by atomic mass is 10.0. The molecule has 0 saturated heterocycles. The highest BCUT2D eigenvalue weighted by molar-refractivity contribution is 9.10. The fourth-order valence-electron chi connectivity index (χ4n) is 2.33. The van der Waals surface area contributed by atoms with Gasteiger partial charge in [-0.2, -0.15) is 0 Å². The molecule has 1 N–H and O–H groups in total. The zero-order valence-electron chi connectivity index (χ0n) is 11.9. The Morgan fingerprint density at radius 3 is 2.55 bits per heavy atom. The Balaban J connectivity index is 1.86. The molecule has 0 fully saturated rings. The van der Waals surface area contributed by atoms with Crippen LogP contribution in [0.4, 0.5) is 4.39 Å². The summed E-state index contributed by atoms with van der Waals surface area (Å²) in [6, 6.07) is 14.5. The van der Waals surface area contributed by atoms with E-state index in [2.05, 4.69) is 28.1 Å². The maximum Gasteiger partial charge on any atom is 0.130 e. The number of benzene rings is 2. The number of hydrogen-bond acceptors (Lipinski definition) is 2. The first-order chi connectivity index (χ1) is 10.5. The molecule has 0 aliphatic heterocycles. The summed E-state index contributed by atoms with van der Waals surface area (Å²) in [6.45, 7) is 2.00. The standard InChI is InChI=1S/C18H14BrFOS/c1-11-8-17(21)16(19)10-13(11)9-15-6-7-18(22-15)12-2-4-14(20)5-3-12/h2-8,10,21H,9H2,1H3. The van der Waals surface area contributed by atoms with Gasteiger partial charge in [-0.25, -0.2) is 4.39 Å². The molecular weight excluding hydrogens is 363 g/mol. The number of phenols is 1. The molecule has 22 heavy (non-hydrogen) atoms. The van der Waals surface area contributed by atoms with Crippen LogP contribution in [0, 0.1) is 12.7 Å². The molecule has 112 valence electrons. The van der Waals surface area contributed by atoms with E-state index >= 15 is 0 Å². The molecular formula is C18H14BrFOS.